The molecule has 7 heteroatoms. The lowest BCUT2D eigenvalue weighted by atomic mass is 10.0. The van der Waals surface area contributed by atoms with Crippen LogP contribution in [0.1, 0.15) is 25.5 Å². The van der Waals surface area contributed by atoms with Gasteiger partial charge in [0.2, 0.25) is 5.91 Å². The van der Waals surface area contributed by atoms with E-state index in [0.29, 0.717) is 18.2 Å². The van der Waals surface area contributed by atoms with Crippen LogP contribution in [0, 0.1) is 12.8 Å². The highest BCUT2D eigenvalue weighted by Crippen LogP contribution is 2.27. The first kappa shape index (κ1) is 17.8. The van der Waals surface area contributed by atoms with E-state index in [-0.39, 0.29) is 5.91 Å². The predicted molar refractivity (Wildman–Crippen MR) is 98.4 cm³/mol. The average Bonchev–Trinajstić information content (AvgIpc) is 3.19. The average molecular weight is 360 g/mol. The Bertz CT molecular complexity index is 752. The Morgan fingerprint density at radius 3 is 3.04 bits per heavy atom. The van der Waals surface area contributed by atoms with Gasteiger partial charge in [-0.25, -0.2) is 0 Å². The number of amides is 1. The number of hydrogen-bond acceptors (Lipinski definition) is 5. The van der Waals surface area contributed by atoms with Gasteiger partial charge < -0.3 is 9.32 Å². The molecule has 3 rings (SSSR count). The number of furan rings is 1. The third kappa shape index (κ3) is 3.98. The number of allylic oxidation sites excluding steroid dienone is 1. The predicted octanol–water partition coefficient (Wildman–Crippen LogP) is 3.38. The Labute approximate surface area is 152 Å². The van der Waals surface area contributed by atoms with Crippen LogP contribution in [-0.4, -0.2) is 44.4 Å². The van der Waals surface area contributed by atoms with Crippen LogP contribution in [0.5, 0.6) is 0 Å². The highest BCUT2D eigenvalue weighted by molar-refractivity contribution is 7.99. The van der Waals surface area contributed by atoms with Crippen LogP contribution in [0.25, 0.3) is 11.4 Å². The first-order valence-corrected chi connectivity index (χ1v) is 9.57. The van der Waals surface area contributed by atoms with Crippen LogP contribution < -0.4 is 0 Å². The molecule has 0 bridgehead atoms. The minimum atomic E-state index is 0.172. The number of rotatable bonds is 6. The van der Waals surface area contributed by atoms with Crippen molar-refractivity contribution < 1.29 is 9.21 Å². The quantitative estimate of drug-likeness (QED) is 0.584. The van der Waals surface area contributed by atoms with E-state index in [0.717, 1.165) is 41.8 Å². The summed E-state index contributed by atoms with van der Waals surface area (Å²) in [4.78, 5) is 14.5. The van der Waals surface area contributed by atoms with E-state index in [4.69, 9.17) is 4.42 Å². The smallest absolute Gasteiger partial charge is 0.233 e. The minimum Gasteiger partial charge on any atom is -0.469 e. The molecular weight excluding hydrogens is 336 g/mol. The Balaban J connectivity index is 1.72. The fraction of sp³-hybridized carbons (Fsp3) is 0.500. The van der Waals surface area contributed by atoms with E-state index >= 15 is 0 Å². The zero-order valence-electron chi connectivity index (χ0n) is 14.8. The van der Waals surface area contributed by atoms with Crippen LogP contribution in [-0.2, 0) is 11.3 Å². The minimum absolute atomic E-state index is 0.172. The number of piperidine rings is 1. The largest absolute Gasteiger partial charge is 0.469 e. The van der Waals surface area contributed by atoms with Crippen LogP contribution in [0.2, 0.25) is 0 Å². The summed E-state index contributed by atoms with van der Waals surface area (Å²) in [6.45, 7) is 10.2. The number of carbonyl (C=O) groups excluding carboxylic acids is 1. The van der Waals surface area contributed by atoms with E-state index < -0.39 is 0 Å². The molecule has 1 amide bonds. The molecule has 0 spiro atoms. The van der Waals surface area contributed by atoms with Crippen molar-refractivity contribution in [2.75, 3.05) is 18.8 Å². The van der Waals surface area contributed by atoms with Gasteiger partial charge in [0.05, 0.1) is 17.6 Å². The fourth-order valence-electron chi connectivity index (χ4n) is 3.14. The Morgan fingerprint density at radius 2 is 2.36 bits per heavy atom. The van der Waals surface area contributed by atoms with E-state index in [1.54, 1.807) is 12.3 Å². The molecule has 1 unspecified atom stereocenters. The molecule has 1 aliphatic rings. The van der Waals surface area contributed by atoms with Crippen LogP contribution in [0.4, 0.5) is 0 Å². The first-order valence-electron chi connectivity index (χ1n) is 8.59. The van der Waals surface area contributed by atoms with Gasteiger partial charge in [0.25, 0.3) is 0 Å². The summed E-state index contributed by atoms with van der Waals surface area (Å²) < 4.78 is 7.35. The number of carbonyl (C=O) groups is 1. The van der Waals surface area contributed by atoms with Crippen molar-refractivity contribution in [1.82, 2.24) is 19.7 Å². The highest BCUT2D eigenvalue weighted by atomic mass is 32.2. The summed E-state index contributed by atoms with van der Waals surface area (Å²) >= 11 is 1.43. The van der Waals surface area contributed by atoms with Gasteiger partial charge in [-0.3, -0.25) is 9.36 Å². The maximum atomic E-state index is 12.5. The number of aryl methyl sites for hydroxylation is 1. The standard InChI is InChI=1S/C18H24N4O2S/c1-4-8-22-17(15-7-10-24-14(15)3)19-20-18(22)25-12-16(23)21-9-5-6-13(2)11-21/h4,7,10,13H,1,5-6,8-9,11-12H2,2-3H3. The Morgan fingerprint density at radius 1 is 1.52 bits per heavy atom. The number of thioether (sulfide) groups is 1. The molecule has 1 saturated heterocycles. The van der Waals surface area contributed by atoms with E-state index in [2.05, 4.69) is 23.7 Å². The molecular formula is C18H24N4O2S. The fourth-order valence-corrected chi connectivity index (χ4v) is 3.99. The van der Waals surface area contributed by atoms with Crippen molar-refractivity contribution in [3.63, 3.8) is 0 Å². The van der Waals surface area contributed by atoms with E-state index in [1.807, 2.05) is 22.5 Å². The molecule has 0 radical (unpaired) electrons. The van der Waals surface area contributed by atoms with Gasteiger partial charge in [-0.2, -0.15) is 0 Å². The van der Waals surface area contributed by atoms with Gasteiger partial charge in [-0.05, 0) is 31.7 Å². The van der Waals surface area contributed by atoms with Crippen molar-refractivity contribution in [2.24, 2.45) is 5.92 Å². The molecule has 134 valence electrons. The summed E-state index contributed by atoms with van der Waals surface area (Å²) in [5, 5.41) is 9.31. The molecule has 0 aliphatic carbocycles. The second kappa shape index (κ2) is 7.91. The third-order valence-corrected chi connectivity index (χ3v) is 5.41. The number of hydrogen-bond donors (Lipinski definition) is 0. The summed E-state index contributed by atoms with van der Waals surface area (Å²) in [6.07, 6.45) is 5.75. The summed E-state index contributed by atoms with van der Waals surface area (Å²) in [6, 6.07) is 1.88. The summed E-state index contributed by atoms with van der Waals surface area (Å²) in [5.41, 5.74) is 0.914. The van der Waals surface area contributed by atoms with Crippen LogP contribution >= 0.6 is 11.8 Å². The summed E-state index contributed by atoms with van der Waals surface area (Å²) in [7, 11) is 0. The van der Waals surface area contributed by atoms with Gasteiger partial charge in [0.15, 0.2) is 11.0 Å². The lowest BCUT2D eigenvalue weighted by Crippen LogP contribution is -2.40. The lowest BCUT2D eigenvalue weighted by Gasteiger charge is -2.30. The van der Waals surface area contributed by atoms with Crippen molar-refractivity contribution in [1.29, 1.82) is 0 Å². The van der Waals surface area contributed by atoms with Gasteiger partial charge in [-0.15, -0.1) is 16.8 Å². The van der Waals surface area contributed by atoms with Crippen LogP contribution in [0.3, 0.4) is 0 Å². The maximum Gasteiger partial charge on any atom is 0.233 e. The van der Waals surface area contributed by atoms with Gasteiger partial charge in [0, 0.05) is 19.6 Å². The van der Waals surface area contributed by atoms with Crippen molar-refractivity contribution in [3.8, 4) is 11.4 Å². The molecule has 25 heavy (non-hydrogen) atoms. The number of aromatic nitrogens is 3. The molecule has 3 heterocycles. The SMILES string of the molecule is C=CCn1c(SCC(=O)N2CCCC(C)C2)nnc1-c1ccoc1C. The second-order valence-electron chi connectivity index (χ2n) is 6.47. The zero-order chi connectivity index (χ0) is 17.8. The maximum absolute atomic E-state index is 12.5. The molecule has 0 aromatic carbocycles. The summed E-state index contributed by atoms with van der Waals surface area (Å²) in [5.74, 6) is 2.68. The van der Waals surface area contributed by atoms with E-state index in [1.165, 1.54) is 18.2 Å². The number of likely N-dealkylation sites (tertiary alicyclic amines) is 1. The molecule has 2 aromatic rings. The molecule has 1 fully saturated rings. The monoisotopic (exact) mass is 360 g/mol. The van der Waals surface area contributed by atoms with E-state index in [9.17, 15) is 4.79 Å². The van der Waals surface area contributed by atoms with Crippen molar-refractivity contribution >= 4 is 17.7 Å². The Kier molecular flexibility index (Phi) is 5.63. The van der Waals surface area contributed by atoms with Gasteiger partial charge in [-0.1, -0.05) is 24.8 Å². The van der Waals surface area contributed by atoms with Crippen molar-refractivity contribution in [3.05, 3.63) is 30.7 Å². The second-order valence-corrected chi connectivity index (χ2v) is 7.41. The van der Waals surface area contributed by atoms with Crippen molar-refractivity contribution in [2.45, 2.75) is 38.4 Å². The lowest BCUT2D eigenvalue weighted by molar-refractivity contribution is -0.130. The highest BCUT2D eigenvalue weighted by Gasteiger charge is 2.22. The third-order valence-electron chi connectivity index (χ3n) is 4.46. The molecule has 0 saturated carbocycles. The molecule has 2 aromatic heterocycles. The zero-order valence-corrected chi connectivity index (χ0v) is 15.6. The molecule has 1 aliphatic heterocycles. The topological polar surface area (TPSA) is 64.2 Å². The molecule has 0 N–H and O–H groups in total. The molecule has 6 nitrogen and oxygen atoms in total. The molecule has 1 atom stereocenters. The number of nitrogens with zero attached hydrogens (tertiary/aromatic N) is 4. The Hall–Kier alpha value is -2.02. The van der Waals surface area contributed by atoms with Crippen LogP contribution in [0.15, 0.2) is 34.6 Å². The normalized spacial score (nSPS) is 17.7. The first-order chi connectivity index (χ1) is 12.1. The van der Waals surface area contributed by atoms with Gasteiger partial charge >= 0.3 is 0 Å². The van der Waals surface area contributed by atoms with Gasteiger partial charge in [0.1, 0.15) is 5.76 Å².